The average molecular weight is 274 g/mol. The number of nitrogens with one attached hydrogen (secondary N) is 1. The lowest BCUT2D eigenvalue weighted by Gasteiger charge is -2.30. The van der Waals surface area contributed by atoms with Crippen LogP contribution in [0.25, 0.3) is 0 Å². The summed E-state index contributed by atoms with van der Waals surface area (Å²) in [5, 5.41) is 3.52. The van der Waals surface area contributed by atoms with Gasteiger partial charge in [0, 0.05) is 6.04 Å². The van der Waals surface area contributed by atoms with Gasteiger partial charge in [-0.25, -0.2) is 0 Å². The van der Waals surface area contributed by atoms with Crippen molar-refractivity contribution in [3.05, 3.63) is 35.9 Å². The Labute approximate surface area is 122 Å². The van der Waals surface area contributed by atoms with Gasteiger partial charge < -0.3 is 4.90 Å². The highest BCUT2D eigenvalue weighted by atomic mass is 16.2. The highest BCUT2D eigenvalue weighted by Gasteiger charge is 2.40. The maximum absolute atomic E-state index is 12.8. The Morgan fingerprint density at radius 1 is 1.20 bits per heavy atom. The number of hydrogen-bond donors (Lipinski definition) is 1. The van der Waals surface area contributed by atoms with E-state index in [1.54, 1.807) is 0 Å². The maximum atomic E-state index is 12.8. The van der Waals surface area contributed by atoms with Crippen molar-refractivity contribution in [2.24, 2.45) is 0 Å². The number of nitrogens with zero attached hydrogens (tertiary/aromatic N) is 1. The van der Waals surface area contributed by atoms with Crippen LogP contribution in [-0.4, -0.2) is 23.0 Å². The molecule has 1 aliphatic rings. The molecule has 110 valence electrons. The average Bonchev–Trinajstić information content (AvgIpc) is 2.77. The van der Waals surface area contributed by atoms with E-state index in [2.05, 4.69) is 31.0 Å². The van der Waals surface area contributed by atoms with Crippen LogP contribution in [0.4, 0.5) is 0 Å². The summed E-state index contributed by atoms with van der Waals surface area (Å²) in [6.07, 6.45) is 4.46. The first-order valence-electron chi connectivity index (χ1n) is 7.82. The van der Waals surface area contributed by atoms with Gasteiger partial charge in [0.05, 0.1) is 6.17 Å². The second kappa shape index (κ2) is 6.89. The molecule has 3 unspecified atom stereocenters. The van der Waals surface area contributed by atoms with E-state index in [9.17, 15) is 4.79 Å². The molecule has 1 aromatic carbocycles. The second-order valence-corrected chi connectivity index (χ2v) is 5.70. The highest BCUT2D eigenvalue weighted by molar-refractivity contribution is 5.86. The van der Waals surface area contributed by atoms with Gasteiger partial charge >= 0.3 is 0 Å². The zero-order valence-electron chi connectivity index (χ0n) is 12.8. The van der Waals surface area contributed by atoms with Crippen LogP contribution in [0.2, 0.25) is 0 Å². The number of hydrogen-bond acceptors (Lipinski definition) is 2. The van der Waals surface area contributed by atoms with E-state index in [4.69, 9.17) is 0 Å². The molecular formula is C17H26N2O. The highest BCUT2D eigenvalue weighted by Crippen LogP contribution is 2.28. The van der Waals surface area contributed by atoms with Crippen molar-refractivity contribution in [2.45, 2.75) is 64.7 Å². The molecule has 3 atom stereocenters. The Kier molecular flexibility index (Phi) is 5.18. The van der Waals surface area contributed by atoms with Crippen molar-refractivity contribution in [1.29, 1.82) is 0 Å². The third-order valence-electron chi connectivity index (χ3n) is 4.07. The molecule has 1 heterocycles. The fraction of sp³-hybridized carbons (Fsp3) is 0.588. The Morgan fingerprint density at radius 3 is 2.50 bits per heavy atom. The predicted octanol–water partition coefficient (Wildman–Crippen LogP) is 3.47. The molecule has 0 aliphatic carbocycles. The lowest BCUT2D eigenvalue weighted by molar-refractivity contribution is -0.132. The smallest absolute Gasteiger partial charge is 0.245 e. The molecule has 0 aromatic heterocycles. The summed E-state index contributed by atoms with van der Waals surface area (Å²) < 4.78 is 0. The summed E-state index contributed by atoms with van der Waals surface area (Å²) in [7, 11) is 0. The van der Waals surface area contributed by atoms with Crippen LogP contribution in [0.1, 0.15) is 58.1 Å². The molecule has 0 radical (unpaired) electrons. The molecule has 1 N–H and O–H groups in total. The Balaban J connectivity index is 2.20. The topological polar surface area (TPSA) is 32.3 Å². The second-order valence-electron chi connectivity index (χ2n) is 5.70. The molecule has 2 rings (SSSR count). The van der Waals surface area contributed by atoms with Gasteiger partial charge in [-0.1, -0.05) is 57.0 Å². The van der Waals surface area contributed by atoms with Crippen molar-refractivity contribution in [2.75, 3.05) is 0 Å². The molecule has 3 heteroatoms. The molecule has 3 nitrogen and oxygen atoms in total. The molecule has 1 saturated heterocycles. The molecule has 1 aliphatic heterocycles. The van der Waals surface area contributed by atoms with Gasteiger partial charge in [0.25, 0.3) is 0 Å². The minimum atomic E-state index is -0.174. The van der Waals surface area contributed by atoms with Crippen LogP contribution in [0.3, 0.4) is 0 Å². The first-order valence-corrected chi connectivity index (χ1v) is 7.82. The zero-order valence-corrected chi connectivity index (χ0v) is 12.8. The van der Waals surface area contributed by atoms with E-state index in [0.717, 1.165) is 31.2 Å². The third kappa shape index (κ3) is 3.04. The molecule has 0 spiro atoms. The van der Waals surface area contributed by atoms with E-state index in [-0.39, 0.29) is 18.1 Å². The van der Waals surface area contributed by atoms with Gasteiger partial charge in [0.15, 0.2) is 0 Å². The molecule has 0 saturated carbocycles. The van der Waals surface area contributed by atoms with Gasteiger partial charge in [-0.15, -0.1) is 0 Å². The monoisotopic (exact) mass is 274 g/mol. The number of amides is 1. The van der Waals surface area contributed by atoms with Crippen molar-refractivity contribution >= 4 is 5.91 Å². The fourth-order valence-electron chi connectivity index (χ4n) is 3.11. The zero-order chi connectivity index (χ0) is 14.5. The number of carbonyl (C=O) groups excluding carboxylic acids is 1. The minimum Gasteiger partial charge on any atom is -0.323 e. The van der Waals surface area contributed by atoms with Crippen molar-refractivity contribution in [3.8, 4) is 0 Å². The summed E-state index contributed by atoms with van der Waals surface area (Å²) >= 11 is 0. The first-order chi connectivity index (χ1) is 9.69. The SMILES string of the molecule is CCCC(C)N1C(=O)C(c2ccccc2)NC1CCC. The summed E-state index contributed by atoms with van der Waals surface area (Å²) in [5.74, 6) is 0.232. The molecular weight excluding hydrogens is 248 g/mol. The van der Waals surface area contributed by atoms with E-state index < -0.39 is 0 Å². The van der Waals surface area contributed by atoms with Gasteiger partial charge in [-0.3, -0.25) is 10.1 Å². The normalized spacial score (nSPS) is 24.1. The minimum absolute atomic E-state index is 0.174. The fourth-order valence-corrected chi connectivity index (χ4v) is 3.11. The van der Waals surface area contributed by atoms with Crippen molar-refractivity contribution in [3.63, 3.8) is 0 Å². The Bertz CT molecular complexity index is 432. The summed E-state index contributed by atoms with van der Waals surface area (Å²) in [5.41, 5.74) is 1.07. The molecule has 1 amide bonds. The molecule has 20 heavy (non-hydrogen) atoms. The standard InChI is InChI=1S/C17H26N2O/c1-4-9-13(3)19-15(10-5-2)18-16(17(19)20)14-11-7-6-8-12-14/h6-8,11-13,15-16,18H,4-5,9-10H2,1-3H3. The van der Waals surface area contributed by atoms with E-state index in [1.807, 2.05) is 30.3 Å². The number of benzene rings is 1. The van der Waals surface area contributed by atoms with E-state index in [1.165, 1.54) is 0 Å². The Morgan fingerprint density at radius 2 is 1.90 bits per heavy atom. The molecule has 0 bridgehead atoms. The Hall–Kier alpha value is -1.35. The van der Waals surface area contributed by atoms with Crippen LogP contribution in [0.15, 0.2) is 30.3 Å². The van der Waals surface area contributed by atoms with Crippen LogP contribution in [0.5, 0.6) is 0 Å². The van der Waals surface area contributed by atoms with Crippen molar-refractivity contribution in [1.82, 2.24) is 10.2 Å². The third-order valence-corrected chi connectivity index (χ3v) is 4.07. The summed E-state index contributed by atoms with van der Waals surface area (Å²) in [6.45, 7) is 6.51. The predicted molar refractivity (Wildman–Crippen MR) is 82.2 cm³/mol. The van der Waals surface area contributed by atoms with E-state index >= 15 is 0 Å². The van der Waals surface area contributed by atoms with Gasteiger partial charge in [0.1, 0.15) is 6.04 Å². The number of carbonyl (C=O) groups is 1. The van der Waals surface area contributed by atoms with Crippen LogP contribution < -0.4 is 5.32 Å². The van der Waals surface area contributed by atoms with Gasteiger partial charge in [-0.05, 0) is 25.3 Å². The van der Waals surface area contributed by atoms with Crippen LogP contribution in [0, 0.1) is 0 Å². The van der Waals surface area contributed by atoms with E-state index in [0.29, 0.717) is 6.04 Å². The summed E-state index contributed by atoms with van der Waals surface area (Å²) in [4.78, 5) is 14.8. The maximum Gasteiger partial charge on any atom is 0.245 e. The largest absolute Gasteiger partial charge is 0.323 e. The lowest BCUT2D eigenvalue weighted by Crippen LogP contribution is -2.43. The number of rotatable bonds is 6. The molecule has 1 aromatic rings. The quantitative estimate of drug-likeness (QED) is 0.861. The van der Waals surface area contributed by atoms with Gasteiger partial charge in [-0.2, -0.15) is 0 Å². The molecule has 1 fully saturated rings. The van der Waals surface area contributed by atoms with Gasteiger partial charge in [0.2, 0.25) is 5.91 Å². The van der Waals surface area contributed by atoms with Crippen molar-refractivity contribution < 1.29 is 4.79 Å². The summed E-state index contributed by atoms with van der Waals surface area (Å²) in [6, 6.07) is 10.2. The van der Waals surface area contributed by atoms with Crippen LogP contribution >= 0.6 is 0 Å². The van der Waals surface area contributed by atoms with Crippen LogP contribution in [-0.2, 0) is 4.79 Å². The first kappa shape index (κ1) is 15.0. The lowest BCUT2D eigenvalue weighted by atomic mass is 10.1.